The number of unbranched alkanes of at least 4 members (excludes halogenated alkanes) is 9. The molecule has 1 amide bonds. The number of hydrogen-bond donors (Lipinski definition) is 0. The van der Waals surface area contributed by atoms with E-state index in [2.05, 4.69) is 6.92 Å². The van der Waals surface area contributed by atoms with Crippen LogP contribution in [0.3, 0.4) is 0 Å². The number of carbonyl (C=O) groups excluding carboxylic acids is 2. The van der Waals surface area contributed by atoms with E-state index in [0.717, 1.165) is 25.0 Å². The molecule has 0 N–H and O–H groups in total. The molecule has 33 heavy (non-hydrogen) atoms. The molecule has 1 aromatic rings. The lowest BCUT2D eigenvalue weighted by atomic mass is 9.96. The van der Waals surface area contributed by atoms with Crippen LogP contribution in [0, 0.1) is 5.92 Å². The Morgan fingerprint density at radius 1 is 0.939 bits per heavy atom. The number of benzene rings is 1. The fraction of sp³-hybridized carbons (Fsp3) is 0.692. The van der Waals surface area contributed by atoms with Crippen molar-refractivity contribution in [2.24, 2.45) is 5.92 Å². The molecule has 1 fully saturated rings. The van der Waals surface area contributed by atoms with Crippen molar-refractivity contribution >= 4 is 11.9 Å². The Labute approximate surface area is 195 Å². The summed E-state index contributed by atoms with van der Waals surface area (Å²) in [7, 11) is 0. The van der Waals surface area contributed by atoms with Gasteiger partial charge >= 0.3 is 12.1 Å². The molecule has 1 aromatic carbocycles. The van der Waals surface area contributed by atoms with E-state index in [-0.39, 0.29) is 17.5 Å². The van der Waals surface area contributed by atoms with Crippen molar-refractivity contribution in [3.05, 3.63) is 35.4 Å². The Bertz CT molecular complexity index is 728. The van der Waals surface area contributed by atoms with Crippen LogP contribution >= 0.6 is 0 Å². The number of halogens is 3. The summed E-state index contributed by atoms with van der Waals surface area (Å²) < 4.78 is 44.1. The maximum Gasteiger partial charge on any atom is 0.416 e. The van der Waals surface area contributed by atoms with Crippen molar-refractivity contribution in [3.63, 3.8) is 0 Å². The van der Waals surface area contributed by atoms with Crippen LogP contribution in [0.4, 0.5) is 13.2 Å². The Balaban J connectivity index is 1.60. The zero-order valence-corrected chi connectivity index (χ0v) is 19.8. The van der Waals surface area contributed by atoms with Gasteiger partial charge in [0.15, 0.2) is 0 Å². The Morgan fingerprint density at radius 2 is 1.52 bits per heavy atom. The minimum atomic E-state index is -4.48. The monoisotopic (exact) mass is 469 g/mol. The lowest BCUT2D eigenvalue weighted by Gasteiger charge is -2.31. The number of rotatable bonds is 13. The molecule has 1 aliphatic rings. The highest BCUT2D eigenvalue weighted by Gasteiger charge is 2.32. The third kappa shape index (κ3) is 9.76. The summed E-state index contributed by atoms with van der Waals surface area (Å²) in [5.74, 6) is -0.908. The molecule has 7 heteroatoms. The number of carbonyl (C=O) groups is 2. The van der Waals surface area contributed by atoms with Crippen molar-refractivity contribution in [1.29, 1.82) is 0 Å². The Hall–Kier alpha value is -2.05. The molecule has 0 aromatic heterocycles. The quantitative estimate of drug-likeness (QED) is 0.230. The van der Waals surface area contributed by atoms with E-state index >= 15 is 0 Å². The van der Waals surface area contributed by atoms with Crippen LogP contribution in [0.5, 0.6) is 0 Å². The highest BCUT2D eigenvalue weighted by molar-refractivity contribution is 5.94. The summed E-state index contributed by atoms with van der Waals surface area (Å²) in [6.45, 7) is 3.33. The molecule has 2 rings (SSSR count). The van der Waals surface area contributed by atoms with Gasteiger partial charge in [-0.3, -0.25) is 9.59 Å². The smallest absolute Gasteiger partial charge is 0.416 e. The third-order valence-corrected chi connectivity index (χ3v) is 6.29. The van der Waals surface area contributed by atoms with Crippen molar-refractivity contribution in [2.75, 3.05) is 19.7 Å². The number of nitrogens with zero attached hydrogens (tertiary/aromatic N) is 1. The van der Waals surface area contributed by atoms with E-state index < -0.39 is 17.6 Å². The van der Waals surface area contributed by atoms with Crippen LogP contribution in [0.1, 0.15) is 99.9 Å². The molecular weight excluding hydrogens is 431 g/mol. The molecule has 4 nitrogen and oxygen atoms in total. The number of esters is 1. The Kier molecular flexibility index (Phi) is 11.8. The van der Waals surface area contributed by atoms with Gasteiger partial charge in [-0.05, 0) is 37.5 Å². The summed E-state index contributed by atoms with van der Waals surface area (Å²) in [4.78, 5) is 26.4. The second kappa shape index (κ2) is 14.3. The van der Waals surface area contributed by atoms with E-state index in [9.17, 15) is 22.8 Å². The first kappa shape index (κ1) is 27.2. The van der Waals surface area contributed by atoms with Crippen LogP contribution in [-0.2, 0) is 15.7 Å². The highest BCUT2D eigenvalue weighted by atomic mass is 19.4. The molecule has 0 spiro atoms. The maximum atomic E-state index is 12.9. The van der Waals surface area contributed by atoms with Crippen LogP contribution in [0.15, 0.2) is 24.3 Å². The first-order valence-electron chi connectivity index (χ1n) is 12.5. The molecule has 0 aliphatic carbocycles. The highest BCUT2D eigenvalue weighted by Crippen LogP contribution is 2.30. The molecular formula is C26H38F3NO3. The van der Waals surface area contributed by atoms with Crippen LogP contribution in [0.25, 0.3) is 0 Å². The van der Waals surface area contributed by atoms with Gasteiger partial charge in [-0.15, -0.1) is 0 Å². The normalized spacial score (nSPS) is 15.0. The second-order valence-corrected chi connectivity index (χ2v) is 8.99. The predicted molar refractivity (Wildman–Crippen MR) is 123 cm³/mol. The minimum Gasteiger partial charge on any atom is -0.465 e. The van der Waals surface area contributed by atoms with E-state index in [1.54, 1.807) is 0 Å². The average Bonchev–Trinajstić information content (AvgIpc) is 2.81. The van der Waals surface area contributed by atoms with Gasteiger partial charge < -0.3 is 9.64 Å². The van der Waals surface area contributed by atoms with Gasteiger partial charge in [0.25, 0.3) is 5.91 Å². The van der Waals surface area contributed by atoms with Gasteiger partial charge in [-0.1, -0.05) is 70.8 Å². The minimum absolute atomic E-state index is 0.0202. The van der Waals surface area contributed by atoms with Gasteiger partial charge in [-0.25, -0.2) is 0 Å². The van der Waals surface area contributed by atoms with Gasteiger partial charge in [0.2, 0.25) is 0 Å². The lowest BCUT2D eigenvalue weighted by molar-refractivity contribution is -0.150. The van der Waals surface area contributed by atoms with E-state index in [1.807, 2.05) is 0 Å². The zero-order valence-electron chi connectivity index (χ0n) is 19.8. The standard InChI is InChI=1S/C26H38F3NO3/c1-2-3-4-5-6-7-8-9-10-11-19-33-25(32)21-15-17-30(18-16-21)24(31)22-13-12-14-23(20-22)26(27,28)29/h12-14,20-21H,2-11,15-19H2,1H3. The molecule has 1 saturated heterocycles. The molecule has 0 bridgehead atoms. The molecule has 1 heterocycles. The van der Waals surface area contributed by atoms with E-state index in [1.165, 1.54) is 68.4 Å². The number of amides is 1. The molecule has 186 valence electrons. The maximum absolute atomic E-state index is 12.9. The van der Waals surface area contributed by atoms with Gasteiger partial charge in [0.1, 0.15) is 0 Å². The number of ether oxygens (including phenoxy) is 1. The van der Waals surface area contributed by atoms with Crippen LogP contribution < -0.4 is 0 Å². The average molecular weight is 470 g/mol. The predicted octanol–water partition coefficient (Wildman–Crippen LogP) is 7.02. The summed E-state index contributed by atoms with van der Waals surface area (Å²) in [5, 5.41) is 0. The summed E-state index contributed by atoms with van der Waals surface area (Å²) in [6, 6.07) is 4.47. The lowest BCUT2D eigenvalue weighted by Crippen LogP contribution is -2.40. The number of hydrogen-bond acceptors (Lipinski definition) is 3. The van der Waals surface area contributed by atoms with E-state index in [0.29, 0.717) is 32.5 Å². The topological polar surface area (TPSA) is 46.6 Å². The van der Waals surface area contributed by atoms with Gasteiger partial charge in [0.05, 0.1) is 18.1 Å². The molecule has 0 atom stereocenters. The zero-order chi connectivity index (χ0) is 24.1. The van der Waals surface area contributed by atoms with Gasteiger partial charge in [-0.2, -0.15) is 13.2 Å². The summed E-state index contributed by atoms with van der Waals surface area (Å²) in [6.07, 6.45) is 8.66. The second-order valence-electron chi connectivity index (χ2n) is 8.99. The third-order valence-electron chi connectivity index (χ3n) is 6.29. The van der Waals surface area contributed by atoms with Crippen molar-refractivity contribution < 1.29 is 27.5 Å². The molecule has 1 aliphatic heterocycles. The largest absolute Gasteiger partial charge is 0.465 e. The van der Waals surface area contributed by atoms with Crippen molar-refractivity contribution in [3.8, 4) is 0 Å². The van der Waals surface area contributed by atoms with E-state index in [4.69, 9.17) is 4.74 Å². The number of piperidine rings is 1. The van der Waals surface area contributed by atoms with Crippen molar-refractivity contribution in [1.82, 2.24) is 4.90 Å². The summed E-state index contributed by atoms with van der Waals surface area (Å²) >= 11 is 0. The van der Waals surface area contributed by atoms with Gasteiger partial charge in [0, 0.05) is 18.7 Å². The first-order valence-corrected chi connectivity index (χ1v) is 12.5. The molecule has 0 unspecified atom stereocenters. The van der Waals surface area contributed by atoms with Crippen LogP contribution in [-0.4, -0.2) is 36.5 Å². The van der Waals surface area contributed by atoms with Crippen LogP contribution in [0.2, 0.25) is 0 Å². The SMILES string of the molecule is CCCCCCCCCCCCOC(=O)C1CCN(C(=O)c2cccc(C(F)(F)F)c2)CC1. The molecule has 0 saturated carbocycles. The van der Waals surface area contributed by atoms with Crippen molar-refractivity contribution in [2.45, 2.75) is 90.1 Å². The number of likely N-dealkylation sites (tertiary alicyclic amines) is 1. The summed E-state index contributed by atoms with van der Waals surface area (Å²) in [5.41, 5.74) is -0.814. The molecule has 0 radical (unpaired) electrons. The first-order chi connectivity index (χ1) is 15.8. The Morgan fingerprint density at radius 3 is 2.09 bits per heavy atom. The number of alkyl halides is 3. The fourth-order valence-electron chi connectivity index (χ4n) is 4.21. The fourth-order valence-corrected chi connectivity index (χ4v) is 4.21.